The molecule has 4 heteroatoms. The normalized spacial score (nSPS) is 10.4. The molecule has 18 heavy (non-hydrogen) atoms. The molecule has 0 fully saturated rings. The Hall–Kier alpha value is -2.38. The first-order valence-electron chi connectivity index (χ1n) is 5.38. The lowest BCUT2D eigenvalue weighted by Crippen LogP contribution is -2.02. The van der Waals surface area contributed by atoms with Crippen LogP contribution in [0.25, 0.3) is 10.4 Å². The van der Waals surface area contributed by atoms with E-state index in [-0.39, 0.29) is 5.78 Å². The molecular formula is C14H8N2OS. The molecule has 0 aliphatic heterocycles. The molecule has 0 saturated heterocycles. The topological polar surface area (TPSA) is 25.8 Å². The number of carbonyl (C=O) groups is 1. The predicted molar refractivity (Wildman–Crippen MR) is 71.4 cm³/mol. The number of fused-ring (bicyclic) bond motifs is 1. The number of ketones is 1. The van der Waals surface area contributed by atoms with E-state index in [1.54, 1.807) is 12.1 Å². The summed E-state index contributed by atoms with van der Waals surface area (Å²) in [6.07, 6.45) is 1.87. The van der Waals surface area contributed by atoms with Crippen LogP contribution in [-0.4, -0.2) is 10.2 Å². The predicted octanol–water partition coefficient (Wildman–Crippen LogP) is 3.78. The van der Waals surface area contributed by atoms with Crippen LogP contribution < -0.4 is 0 Å². The van der Waals surface area contributed by atoms with Gasteiger partial charge in [-0.15, -0.1) is 11.3 Å². The number of rotatable bonds is 2. The molecule has 0 aliphatic carbocycles. The van der Waals surface area contributed by atoms with Gasteiger partial charge in [-0.05, 0) is 30.3 Å². The first-order valence-corrected chi connectivity index (χ1v) is 6.19. The summed E-state index contributed by atoms with van der Waals surface area (Å²) in [6, 6.07) is 12.9. The average molecular weight is 252 g/mol. The second-order valence-corrected chi connectivity index (χ2v) is 4.86. The molecule has 0 radical (unpaired) electrons. The molecule has 86 valence electrons. The van der Waals surface area contributed by atoms with Gasteiger partial charge in [0.25, 0.3) is 0 Å². The quantitative estimate of drug-likeness (QED) is 0.503. The van der Waals surface area contributed by atoms with E-state index in [2.05, 4.69) is 4.85 Å². The van der Waals surface area contributed by atoms with Crippen LogP contribution in [0.1, 0.15) is 15.4 Å². The Labute approximate surface area is 108 Å². The van der Waals surface area contributed by atoms with Gasteiger partial charge in [-0.3, -0.25) is 4.79 Å². The van der Waals surface area contributed by atoms with Crippen LogP contribution >= 0.6 is 11.3 Å². The summed E-state index contributed by atoms with van der Waals surface area (Å²) < 4.78 is 1.86. The molecule has 0 amide bonds. The molecule has 3 aromatic rings. The van der Waals surface area contributed by atoms with Crippen molar-refractivity contribution in [3.8, 4) is 0 Å². The number of thiophene rings is 1. The lowest BCUT2D eigenvalue weighted by Gasteiger charge is -1.99. The Kier molecular flexibility index (Phi) is 2.47. The number of carbonyl (C=O) groups excluding carboxylic acids is 1. The van der Waals surface area contributed by atoms with Crippen LogP contribution in [0.5, 0.6) is 0 Å². The lowest BCUT2D eigenvalue weighted by molar-refractivity contribution is 0.103. The van der Waals surface area contributed by atoms with Crippen LogP contribution in [0.3, 0.4) is 0 Å². The smallest absolute Gasteiger partial charge is 0.241 e. The average Bonchev–Trinajstić information content (AvgIpc) is 3.04. The Morgan fingerprint density at radius 1 is 1.17 bits per heavy atom. The highest BCUT2D eigenvalue weighted by Gasteiger charge is 2.14. The van der Waals surface area contributed by atoms with E-state index in [0.717, 1.165) is 5.52 Å². The maximum atomic E-state index is 12.3. The SMILES string of the molecule is [C-]#[N+]c1ccc(C(=O)c2ccc3ccccn23)s1. The van der Waals surface area contributed by atoms with Crippen molar-refractivity contribution in [1.82, 2.24) is 4.40 Å². The van der Waals surface area contributed by atoms with E-state index in [1.165, 1.54) is 11.3 Å². The summed E-state index contributed by atoms with van der Waals surface area (Å²) >= 11 is 1.23. The van der Waals surface area contributed by atoms with Crippen molar-refractivity contribution in [3.05, 3.63) is 70.6 Å². The number of aromatic nitrogens is 1. The van der Waals surface area contributed by atoms with Crippen LogP contribution in [0.15, 0.2) is 48.7 Å². The molecule has 0 aromatic carbocycles. The number of hydrogen-bond acceptors (Lipinski definition) is 2. The van der Waals surface area contributed by atoms with Gasteiger partial charge in [0.15, 0.2) is 0 Å². The van der Waals surface area contributed by atoms with Gasteiger partial charge < -0.3 is 4.40 Å². The summed E-state index contributed by atoms with van der Waals surface area (Å²) in [5.41, 5.74) is 1.62. The lowest BCUT2D eigenvalue weighted by atomic mass is 10.2. The third-order valence-electron chi connectivity index (χ3n) is 2.72. The van der Waals surface area contributed by atoms with Crippen molar-refractivity contribution in [2.24, 2.45) is 0 Å². The molecule has 0 atom stereocenters. The van der Waals surface area contributed by atoms with Crippen molar-refractivity contribution >= 4 is 27.6 Å². The molecular weight excluding hydrogens is 244 g/mol. The van der Waals surface area contributed by atoms with Gasteiger partial charge in [0.2, 0.25) is 10.8 Å². The van der Waals surface area contributed by atoms with Crippen LogP contribution in [-0.2, 0) is 0 Å². The van der Waals surface area contributed by atoms with Gasteiger partial charge in [-0.2, -0.15) is 0 Å². The zero-order valence-electron chi connectivity index (χ0n) is 9.33. The number of pyridine rings is 1. The van der Waals surface area contributed by atoms with E-state index >= 15 is 0 Å². The summed E-state index contributed by atoms with van der Waals surface area (Å²) in [4.78, 5) is 16.3. The largest absolute Gasteiger partial charge is 0.314 e. The molecule has 3 nitrogen and oxygen atoms in total. The first kappa shape index (κ1) is 10.8. The van der Waals surface area contributed by atoms with E-state index in [0.29, 0.717) is 15.6 Å². The Morgan fingerprint density at radius 2 is 2.06 bits per heavy atom. The summed E-state index contributed by atoms with van der Waals surface area (Å²) in [5, 5.41) is 0.541. The molecule has 0 unspecified atom stereocenters. The molecule has 3 heterocycles. The minimum absolute atomic E-state index is 0.0406. The first-order chi connectivity index (χ1) is 8.79. The van der Waals surface area contributed by atoms with Gasteiger partial charge >= 0.3 is 0 Å². The molecule has 0 spiro atoms. The number of nitrogens with zero attached hydrogens (tertiary/aromatic N) is 2. The highest BCUT2D eigenvalue weighted by molar-refractivity contribution is 7.18. The van der Waals surface area contributed by atoms with Crippen molar-refractivity contribution in [2.75, 3.05) is 0 Å². The minimum atomic E-state index is -0.0406. The van der Waals surface area contributed by atoms with E-state index in [4.69, 9.17) is 6.57 Å². The zero-order valence-corrected chi connectivity index (χ0v) is 10.1. The third kappa shape index (κ3) is 1.62. The monoisotopic (exact) mass is 252 g/mol. The van der Waals surface area contributed by atoms with Crippen LogP contribution in [0.2, 0.25) is 0 Å². The highest BCUT2D eigenvalue weighted by Crippen LogP contribution is 2.27. The zero-order chi connectivity index (χ0) is 12.5. The van der Waals surface area contributed by atoms with Crippen molar-refractivity contribution in [3.63, 3.8) is 0 Å². The van der Waals surface area contributed by atoms with Crippen LogP contribution in [0, 0.1) is 6.57 Å². The Bertz CT molecular complexity index is 776. The molecule has 3 rings (SSSR count). The van der Waals surface area contributed by atoms with Crippen molar-refractivity contribution in [1.29, 1.82) is 0 Å². The van der Waals surface area contributed by atoms with E-state index in [1.807, 2.05) is 40.9 Å². The molecule has 0 N–H and O–H groups in total. The molecule has 0 bridgehead atoms. The van der Waals surface area contributed by atoms with Gasteiger partial charge in [-0.25, -0.2) is 4.85 Å². The molecule has 0 saturated carbocycles. The minimum Gasteiger partial charge on any atom is -0.314 e. The summed E-state index contributed by atoms with van der Waals surface area (Å²) in [6.45, 7) is 6.92. The van der Waals surface area contributed by atoms with Gasteiger partial charge in [0, 0.05) is 11.7 Å². The summed E-state index contributed by atoms with van der Waals surface area (Å²) in [5.74, 6) is -0.0406. The van der Waals surface area contributed by atoms with E-state index < -0.39 is 0 Å². The second-order valence-electron chi connectivity index (χ2n) is 3.79. The Balaban J connectivity index is 2.10. The van der Waals surface area contributed by atoms with Crippen LogP contribution in [0.4, 0.5) is 5.00 Å². The van der Waals surface area contributed by atoms with E-state index in [9.17, 15) is 4.79 Å². The van der Waals surface area contributed by atoms with Gasteiger partial charge in [-0.1, -0.05) is 12.1 Å². The molecule has 0 aliphatic rings. The maximum Gasteiger partial charge on any atom is 0.241 e. The molecule has 3 aromatic heterocycles. The van der Waals surface area contributed by atoms with Gasteiger partial charge in [0.1, 0.15) is 0 Å². The maximum absolute atomic E-state index is 12.3. The standard InChI is InChI=1S/C14H8N2OS/c1-15-13-8-7-12(18-13)14(17)11-6-5-10-4-2-3-9-16(10)11/h2-9H. The fourth-order valence-corrected chi connectivity index (χ4v) is 2.62. The third-order valence-corrected chi connectivity index (χ3v) is 3.70. The summed E-state index contributed by atoms with van der Waals surface area (Å²) in [7, 11) is 0. The fourth-order valence-electron chi connectivity index (χ4n) is 1.88. The second kappa shape index (κ2) is 4.13. The van der Waals surface area contributed by atoms with Crippen molar-refractivity contribution < 1.29 is 4.79 Å². The number of hydrogen-bond donors (Lipinski definition) is 0. The Morgan fingerprint density at radius 3 is 2.83 bits per heavy atom. The van der Waals surface area contributed by atoms with Crippen molar-refractivity contribution in [2.45, 2.75) is 0 Å². The fraction of sp³-hybridized carbons (Fsp3) is 0. The highest BCUT2D eigenvalue weighted by atomic mass is 32.1. The van der Waals surface area contributed by atoms with Gasteiger partial charge in [0.05, 0.1) is 17.1 Å².